The fourth-order valence-corrected chi connectivity index (χ4v) is 3.93. The van der Waals surface area contributed by atoms with Crippen LogP contribution in [0.1, 0.15) is 28.7 Å². The lowest BCUT2D eigenvalue weighted by molar-refractivity contribution is -0.136. The van der Waals surface area contributed by atoms with Crippen LogP contribution >= 0.6 is 0 Å². The molecule has 0 aliphatic carbocycles. The molecule has 0 saturated heterocycles. The first kappa shape index (κ1) is 22.4. The van der Waals surface area contributed by atoms with Crippen molar-refractivity contribution in [2.24, 2.45) is 0 Å². The molecule has 4 aromatic carbocycles. The predicted molar refractivity (Wildman–Crippen MR) is 134 cm³/mol. The second-order valence-corrected chi connectivity index (χ2v) is 8.28. The number of hydrogen-bond donors (Lipinski definition) is 2. The number of carboxylic acid groups (broad SMARTS) is 1. The zero-order valence-electron chi connectivity index (χ0n) is 18.9. The first-order valence-electron chi connectivity index (χ1n) is 11.3. The number of aliphatic carboxylic acids is 1. The van der Waals surface area contributed by atoms with Crippen LogP contribution in [0, 0.1) is 6.92 Å². The Hall–Kier alpha value is -3.79. The monoisotopic (exact) mass is 439 g/mol. The fraction of sp³-hybridized carbons (Fsp3) is 0.207. The van der Waals surface area contributed by atoms with Gasteiger partial charge in [0.15, 0.2) is 0 Å². The van der Waals surface area contributed by atoms with E-state index in [0.29, 0.717) is 19.6 Å². The largest absolute Gasteiger partial charge is 0.493 e. The Kier molecular flexibility index (Phi) is 7.26. The van der Waals surface area contributed by atoms with E-state index in [-0.39, 0.29) is 6.42 Å². The topological polar surface area (TPSA) is 58.6 Å². The quantitative estimate of drug-likeness (QED) is 0.300. The van der Waals surface area contributed by atoms with Crippen molar-refractivity contribution >= 4 is 22.4 Å². The molecule has 2 N–H and O–H groups in total. The SMILES string of the molecule is Cc1ccccc1NCc1ccc(CCC(=O)O)c(OCCc2ccc3ccccc3c2)c1. The molecule has 33 heavy (non-hydrogen) atoms. The van der Waals surface area contributed by atoms with Crippen molar-refractivity contribution < 1.29 is 14.6 Å². The van der Waals surface area contributed by atoms with Crippen molar-refractivity contribution in [3.8, 4) is 5.75 Å². The van der Waals surface area contributed by atoms with Crippen LogP contribution in [0.5, 0.6) is 5.75 Å². The van der Waals surface area contributed by atoms with Crippen molar-refractivity contribution in [2.75, 3.05) is 11.9 Å². The summed E-state index contributed by atoms with van der Waals surface area (Å²) in [5.74, 6) is -0.0384. The van der Waals surface area contributed by atoms with E-state index < -0.39 is 5.97 Å². The minimum absolute atomic E-state index is 0.0852. The van der Waals surface area contributed by atoms with Crippen LogP contribution in [0.25, 0.3) is 10.8 Å². The first-order chi connectivity index (χ1) is 16.1. The summed E-state index contributed by atoms with van der Waals surface area (Å²) in [6, 6.07) is 29.1. The van der Waals surface area contributed by atoms with Gasteiger partial charge in [0.1, 0.15) is 5.75 Å². The van der Waals surface area contributed by atoms with Crippen molar-refractivity contribution in [3.05, 3.63) is 107 Å². The van der Waals surface area contributed by atoms with E-state index in [1.165, 1.54) is 21.9 Å². The predicted octanol–water partition coefficient (Wildman–Crippen LogP) is 6.40. The summed E-state index contributed by atoms with van der Waals surface area (Å²) < 4.78 is 6.18. The maximum atomic E-state index is 11.1. The molecule has 4 nitrogen and oxygen atoms in total. The molecule has 0 bridgehead atoms. The molecule has 0 aliphatic rings. The van der Waals surface area contributed by atoms with Crippen LogP contribution in [0.15, 0.2) is 84.9 Å². The molecule has 4 heteroatoms. The highest BCUT2D eigenvalue weighted by molar-refractivity contribution is 5.83. The highest BCUT2D eigenvalue weighted by atomic mass is 16.5. The van der Waals surface area contributed by atoms with Gasteiger partial charge >= 0.3 is 5.97 Å². The molecule has 0 fully saturated rings. The van der Waals surface area contributed by atoms with Crippen molar-refractivity contribution in [1.29, 1.82) is 0 Å². The van der Waals surface area contributed by atoms with Crippen LogP contribution in [-0.2, 0) is 24.2 Å². The fourth-order valence-electron chi connectivity index (χ4n) is 3.93. The Morgan fingerprint density at radius 1 is 0.848 bits per heavy atom. The zero-order valence-corrected chi connectivity index (χ0v) is 18.9. The van der Waals surface area contributed by atoms with E-state index in [2.05, 4.69) is 54.7 Å². The molecule has 0 amide bonds. The maximum absolute atomic E-state index is 11.1. The number of carbonyl (C=O) groups is 1. The minimum Gasteiger partial charge on any atom is -0.493 e. The number of anilines is 1. The van der Waals surface area contributed by atoms with E-state index in [1.54, 1.807) is 0 Å². The zero-order chi connectivity index (χ0) is 23.0. The Morgan fingerprint density at radius 2 is 1.61 bits per heavy atom. The molecule has 0 spiro atoms. The lowest BCUT2D eigenvalue weighted by Crippen LogP contribution is -2.07. The third-order valence-corrected chi connectivity index (χ3v) is 5.83. The van der Waals surface area contributed by atoms with Gasteiger partial charge in [-0.1, -0.05) is 72.8 Å². The lowest BCUT2D eigenvalue weighted by Gasteiger charge is -2.15. The second kappa shape index (κ2) is 10.7. The molecule has 4 aromatic rings. The Bertz CT molecular complexity index is 1250. The lowest BCUT2D eigenvalue weighted by atomic mass is 10.0. The summed E-state index contributed by atoms with van der Waals surface area (Å²) in [5.41, 5.74) is 5.54. The van der Waals surface area contributed by atoms with Gasteiger partial charge in [-0.2, -0.15) is 0 Å². The number of hydrogen-bond acceptors (Lipinski definition) is 3. The van der Waals surface area contributed by atoms with E-state index in [1.807, 2.05) is 42.5 Å². The van der Waals surface area contributed by atoms with Crippen LogP contribution < -0.4 is 10.1 Å². The van der Waals surface area contributed by atoms with E-state index >= 15 is 0 Å². The average Bonchev–Trinajstić information content (AvgIpc) is 2.83. The number of benzene rings is 4. The molecule has 0 aromatic heterocycles. The molecule has 0 saturated carbocycles. The van der Waals surface area contributed by atoms with E-state index in [4.69, 9.17) is 9.84 Å². The molecule has 0 radical (unpaired) electrons. The molecule has 0 heterocycles. The van der Waals surface area contributed by atoms with Crippen LogP contribution in [0.2, 0.25) is 0 Å². The van der Waals surface area contributed by atoms with Gasteiger partial charge in [0.25, 0.3) is 0 Å². The number of rotatable bonds is 10. The molecular weight excluding hydrogens is 410 g/mol. The van der Waals surface area contributed by atoms with Gasteiger partial charge in [0.2, 0.25) is 0 Å². The second-order valence-electron chi connectivity index (χ2n) is 8.28. The first-order valence-corrected chi connectivity index (χ1v) is 11.3. The highest BCUT2D eigenvalue weighted by Gasteiger charge is 2.09. The summed E-state index contributed by atoms with van der Waals surface area (Å²) in [6.07, 6.45) is 1.32. The van der Waals surface area contributed by atoms with Crippen molar-refractivity contribution in [2.45, 2.75) is 32.7 Å². The summed E-state index contributed by atoms with van der Waals surface area (Å²) in [5, 5.41) is 15.0. The summed E-state index contributed by atoms with van der Waals surface area (Å²) in [4.78, 5) is 11.1. The molecule has 0 atom stereocenters. The average molecular weight is 440 g/mol. The Balaban J connectivity index is 1.45. The van der Waals surface area contributed by atoms with Gasteiger partial charge in [-0.3, -0.25) is 4.79 Å². The van der Waals surface area contributed by atoms with Gasteiger partial charge in [0, 0.05) is 25.1 Å². The number of aryl methyl sites for hydroxylation is 2. The molecule has 168 valence electrons. The molecular formula is C29H29NO3. The maximum Gasteiger partial charge on any atom is 0.303 e. The van der Waals surface area contributed by atoms with Gasteiger partial charge in [0.05, 0.1) is 6.61 Å². The van der Waals surface area contributed by atoms with Crippen molar-refractivity contribution in [1.82, 2.24) is 0 Å². The number of ether oxygens (including phenoxy) is 1. The molecule has 0 unspecified atom stereocenters. The van der Waals surface area contributed by atoms with Crippen LogP contribution in [0.4, 0.5) is 5.69 Å². The smallest absolute Gasteiger partial charge is 0.303 e. The van der Waals surface area contributed by atoms with Gasteiger partial charge < -0.3 is 15.2 Å². The third-order valence-electron chi connectivity index (χ3n) is 5.83. The number of nitrogens with one attached hydrogen (secondary N) is 1. The van der Waals surface area contributed by atoms with Gasteiger partial charge in [-0.25, -0.2) is 0 Å². The summed E-state index contributed by atoms with van der Waals surface area (Å²) in [6.45, 7) is 3.29. The normalized spacial score (nSPS) is 10.8. The van der Waals surface area contributed by atoms with E-state index in [0.717, 1.165) is 29.0 Å². The third kappa shape index (κ3) is 6.13. The van der Waals surface area contributed by atoms with E-state index in [9.17, 15) is 4.79 Å². The Morgan fingerprint density at radius 3 is 2.42 bits per heavy atom. The standard InChI is InChI=1S/C29H29NO3/c1-21-6-2-5-9-27(21)30-20-23-11-13-25(14-15-29(31)32)28(19-23)33-17-16-22-10-12-24-7-3-4-8-26(24)18-22/h2-13,18-19,30H,14-17,20H2,1H3,(H,31,32). The number of para-hydroxylation sites is 1. The number of carboxylic acids is 1. The highest BCUT2D eigenvalue weighted by Crippen LogP contribution is 2.24. The number of fused-ring (bicyclic) bond motifs is 1. The summed E-state index contributed by atoms with van der Waals surface area (Å²) >= 11 is 0. The van der Waals surface area contributed by atoms with Gasteiger partial charge in [-0.15, -0.1) is 0 Å². The van der Waals surface area contributed by atoms with Crippen LogP contribution in [-0.4, -0.2) is 17.7 Å². The summed E-state index contributed by atoms with van der Waals surface area (Å²) in [7, 11) is 0. The molecule has 4 rings (SSSR count). The van der Waals surface area contributed by atoms with Crippen LogP contribution in [0.3, 0.4) is 0 Å². The van der Waals surface area contributed by atoms with Gasteiger partial charge in [-0.05, 0) is 58.5 Å². The molecule has 0 aliphatic heterocycles. The Labute approximate surface area is 194 Å². The minimum atomic E-state index is -0.803. The van der Waals surface area contributed by atoms with Crippen molar-refractivity contribution in [3.63, 3.8) is 0 Å².